The Kier molecular flexibility index (Phi) is 6.26. The van der Waals surface area contributed by atoms with E-state index >= 15 is 0 Å². The van der Waals surface area contributed by atoms with Gasteiger partial charge in [0.15, 0.2) is 0 Å². The summed E-state index contributed by atoms with van der Waals surface area (Å²) in [6.45, 7) is 2.93. The minimum absolute atomic E-state index is 0.0664. The Balaban J connectivity index is 2.09. The molecule has 0 spiro atoms. The van der Waals surface area contributed by atoms with E-state index in [4.69, 9.17) is 0 Å². The number of likely N-dealkylation sites (N-methyl/N-ethyl adjacent to an activating group) is 1. The standard InChI is InChI=1S/C18H24N4O2/c1-4-12-22-17(23)11-10-15(20-22)18(24)19-13-16(21(2)3)14-8-6-5-7-9-14/h5-11,16H,4,12-13H2,1-3H3,(H,19,24)/t16-/m1/s1. The van der Waals surface area contributed by atoms with Gasteiger partial charge in [0.05, 0.1) is 6.04 Å². The Morgan fingerprint density at radius 2 is 1.92 bits per heavy atom. The average Bonchev–Trinajstić information content (AvgIpc) is 2.57. The molecule has 0 aliphatic carbocycles. The second-order valence-corrected chi connectivity index (χ2v) is 5.88. The summed E-state index contributed by atoms with van der Waals surface area (Å²) in [6, 6.07) is 12.9. The highest BCUT2D eigenvalue weighted by Gasteiger charge is 2.16. The molecule has 2 rings (SSSR count). The second kappa shape index (κ2) is 8.40. The van der Waals surface area contributed by atoms with Crippen molar-refractivity contribution < 1.29 is 4.79 Å². The maximum Gasteiger partial charge on any atom is 0.271 e. The molecule has 128 valence electrons. The maximum atomic E-state index is 12.4. The van der Waals surface area contributed by atoms with Crippen LogP contribution in [-0.4, -0.2) is 41.2 Å². The Hall–Kier alpha value is -2.47. The molecule has 0 radical (unpaired) electrons. The molecule has 0 saturated carbocycles. The lowest BCUT2D eigenvalue weighted by Crippen LogP contribution is -2.36. The van der Waals surface area contributed by atoms with Gasteiger partial charge in [-0.25, -0.2) is 4.68 Å². The molecule has 6 heteroatoms. The Labute approximate surface area is 142 Å². The summed E-state index contributed by atoms with van der Waals surface area (Å²) in [5, 5.41) is 7.05. The summed E-state index contributed by atoms with van der Waals surface area (Å²) < 4.78 is 1.33. The lowest BCUT2D eigenvalue weighted by molar-refractivity contribution is 0.0934. The number of amides is 1. The van der Waals surface area contributed by atoms with Gasteiger partial charge in [-0.2, -0.15) is 5.10 Å². The molecule has 0 unspecified atom stereocenters. The summed E-state index contributed by atoms with van der Waals surface area (Å²) in [5.41, 5.74) is 1.20. The van der Waals surface area contributed by atoms with Crippen LogP contribution in [0.4, 0.5) is 0 Å². The summed E-state index contributed by atoms with van der Waals surface area (Å²) in [7, 11) is 3.95. The van der Waals surface area contributed by atoms with Gasteiger partial charge in [0, 0.05) is 19.2 Å². The van der Waals surface area contributed by atoms with E-state index in [1.54, 1.807) is 0 Å². The van der Waals surface area contributed by atoms with E-state index in [0.717, 1.165) is 12.0 Å². The number of nitrogens with zero attached hydrogens (tertiary/aromatic N) is 3. The molecule has 0 fully saturated rings. The molecule has 1 heterocycles. The zero-order valence-electron chi connectivity index (χ0n) is 14.4. The quantitative estimate of drug-likeness (QED) is 0.840. The zero-order valence-corrected chi connectivity index (χ0v) is 14.4. The summed E-state index contributed by atoms with van der Waals surface area (Å²) >= 11 is 0. The summed E-state index contributed by atoms with van der Waals surface area (Å²) in [4.78, 5) is 26.1. The van der Waals surface area contributed by atoms with Crippen LogP contribution in [0.25, 0.3) is 0 Å². The minimum Gasteiger partial charge on any atom is -0.349 e. The highest BCUT2D eigenvalue weighted by atomic mass is 16.2. The molecule has 0 saturated heterocycles. The molecule has 6 nitrogen and oxygen atoms in total. The van der Waals surface area contributed by atoms with Gasteiger partial charge in [0.25, 0.3) is 11.5 Å². The third kappa shape index (κ3) is 4.52. The van der Waals surface area contributed by atoms with Crippen LogP contribution in [0.3, 0.4) is 0 Å². The minimum atomic E-state index is -0.275. The lowest BCUT2D eigenvalue weighted by atomic mass is 10.1. The van der Waals surface area contributed by atoms with Crippen LogP contribution < -0.4 is 10.9 Å². The van der Waals surface area contributed by atoms with Crippen molar-refractivity contribution in [2.75, 3.05) is 20.6 Å². The maximum absolute atomic E-state index is 12.4. The van der Waals surface area contributed by atoms with Gasteiger partial charge in [-0.05, 0) is 32.1 Å². The number of rotatable bonds is 7. The van der Waals surface area contributed by atoms with E-state index in [0.29, 0.717) is 13.1 Å². The van der Waals surface area contributed by atoms with Crippen LogP contribution in [0.5, 0.6) is 0 Å². The largest absolute Gasteiger partial charge is 0.349 e. The van der Waals surface area contributed by atoms with Crippen LogP contribution >= 0.6 is 0 Å². The van der Waals surface area contributed by atoms with Crippen molar-refractivity contribution >= 4 is 5.91 Å². The molecule has 1 aromatic heterocycles. The van der Waals surface area contributed by atoms with Crippen molar-refractivity contribution in [3.05, 3.63) is 64.1 Å². The molecule has 24 heavy (non-hydrogen) atoms. The van der Waals surface area contributed by atoms with Crippen molar-refractivity contribution in [1.29, 1.82) is 0 Å². The molecule has 0 aliphatic heterocycles. The van der Waals surface area contributed by atoms with Gasteiger partial charge in [-0.15, -0.1) is 0 Å². The predicted molar refractivity (Wildman–Crippen MR) is 94.0 cm³/mol. The third-order valence-electron chi connectivity index (χ3n) is 3.80. The Bertz CT molecular complexity index is 725. The molecule has 0 aliphatic rings. The van der Waals surface area contributed by atoms with Gasteiger partial charge < -0.3 is 10.2 Å². The van der Waals surface area contributed by atoms with Gasteiger partial charge in [-0.1, -0.05) is 37.3 Å². The van der Waals surface area contributed by atoms with Gasteiger partial charge >= 0.3 is 0 Å². The number of hydrogen-bond donors (Lipinski definition) is 1. The van der Waals surface area contributed by atoms with Gasteiger partial charge in [0.2, 0.25) is 0 Å². The monoisotopic (exact) mass is 328 g/mol. The van der Waals surface area contributed by atoms with Crippen molar-refractivity contribution in [3.63, 3.8) is 0 Å². The normalized spacial score (nSPS) is 12.2. The average molecular weight is 328 g/mol. The molecular formula is C18H24N4O2. The van der Waals surface area contributed by atoms with E-state index in [1.807, 2.05) is 51.4 Å². The number of nitrogens with one attached hydrogen (secondary N) is 1. The molecular weight excluding hydrogens is 304 g/mol. The van der Waals surface area contributed by atoms with E-state index in [1.165, 1.54) is 16.8 Å². The van der Waals surface area contributed by atoms with Crippen LogP contribution in [0.2, 0.25) is 0 Å². The smallest absolute Gasteiger partial charge is 0.271 e. The molecule has 1 atom stereocenters. The molecule has 2 aromatic rings. The topological polar surface area (TPSA) is 67.2 Å². The van der Waals surface area contributed by atoms with Crippen LogP contribution in [0.1, 0.15) is 35.4 Å². The van der Waals surface area contributed by atoms with E-state index in [2.05, 4.69) is 15.3 Å². The molecule has 1 aromatic carbocycles. The number of aryl methyl sites for hydroxylation is 1. The highest BCUT2D eigenvalue weighted by Crippen LogP contribution is 2.16. The number of benzene rings is 1. The fourth-order valence-corrected chi connectivity index (χ4v) is 2.50. The van der Waals surface area contributed by atoms with E-state index in [9.17, 15) is 9.59 Å². The molecule has 1 amide bonds. The van der Waals surface area contributed by atoms with Crippen LogP contribution in [-0.2, 0) is 6.54 Å². The SMILES string of the molecule is CCCn1nc(C(=O)NC[C@H](c2ccccc2)N(C)C)ccc1=O. The predicted octanol–water partition coefficient (Wildman–Crippen LogP) is 1.69. The van der Waals surface area contributed by atoms with Gasteiger partial charge in [-0.3, -0.25) is 9.59 Å². The first-order valence-electron chi connectivity index (χ1n) is 8.10. The summed E-state index contributed by atoms with van der Waals surface area (Å²) in [5.74, 6) is -0.275. The number of carbonyl (C=O) groups is 1. The number of hydrogen-bond acceptors (Lipinski definition) is 4. The first-order valence-corrected chi connectivity index (χ1v) is 8.10. The van der Waals surface area contributed by atoms with Crippen molar-refractivity contribution in [3.8, 4) is 0 Å². The first kappa shape index (κ1) is 17.9. The zero-order chi connectivity index (χ0) is 17.5. The van der Waals surface area contributed by atoms with Crippen molar-refractivity contribution in [1.82, 2.24) is 20.0 Å². The Morgan fingerprint density at radius 1 is 1.21 bits per heavy atom. The lowest BCUT2D eigenvalue weighted by Gasteiger charge is -2.25. The summed E-state index contributed by atoms with van der Waals surface area (Å²) in [6.07, 6.45) is 0.786. The highest BCUT2D eigenvalue weighted by molar-refractivity contribution is 5.92. The first-order chi connectivity index (χ1) is 11.5. The van der Waals surface area contributed by atoms with Crippen LogP contribution in [0, 0.1) is 0 Å². The number of aromatic nitrogens is 2. The number of carbonyl (C=O) groups excluding carboxylic acids is 1. The van der Waals surface area contributed by atoms with Crippen LogP contribution in [0.15, 0.2) is 47.3 Å². The van der Waals surface area contributed by atoms with Crippen molar-refractivity contribution in [2.45, 2.75) is 25.9 Å². The fraction of sp³-hybridized carbons (Fsp3) is 0.389. The van der Waals surface area contributed by atoms with E-state index < -0.39 is 0 Å². The van der Waals surface area contributed by atoms with E-state index in [-0.39, 0.29) is 23.2 Å². The Morgan fingerprint density at radius 3 is 2.54 bits per heavy atom. The van der Waals surface area contributed by atoms with Crippen molar-refractivity contribution in [2.24, 2.45) is 0 Å². The second-order valence-electron chi connectivity index (χ2n) is 5.88. The molecule has 1 N–H and O–H groups in total. The molecule has 0 bridgehead atoms. The third-order valence-corrected chi connectivity index (χ3v) is 3.80. The van der Waals surface area contributed by atoms with Gasteiger partial charge in [0.1, 0.15) is 5.69 Å². The fourth-order valence-electron chi connectivity index (χ4n) is 2.50.